The van der Waals surface area contributed by atoms with Crippen LogP contribution < -0.4 is 4.74 Å². The van der Waals surface area contributed by atoms with Gasteiger partial charge >= 0.3 is 0 Å². The highest BCUT2D eigenvalue weighted by Gasteiger charge is 2.19. The van der Waals surface area contributed by atoms with Gasteiger partial charge in [-0.25, -0.2) is 4.98 Å². The molecule has 226 valence electrons. The molecule has 0 amide bonds. The average molecular weight is 595 g/mol. The minimum atomic E-state index is 0.581. The molecule has 0 spiro atoms. The second-order valence-electron chi connectivity index (χ2n) is 11.4. The van der Waals surface area contributed by atoms with E-state index in [0.717, 1.165) is 43.2 Å². The van der Waals surface area contributed by atoms with Gasteiger partial charge in [0.25, 0.3) is 0 Å². The molecule has 1 aliphatic rings. The molecule has 1 fully saturated rings. The fourth-order valence-electron chi connectivity index (χ4n) is 5.80. The SMILES string of the molecule is CCCCOCCOc1ccc(-c2ccc(C3CCCC3)c(/C=C/c3ccc(SCc4c(C)ncn4CC)cc3)c2)cc1. The van der Waals surface area contributed by atoms with E-state index in [1.807, 2.05) is 18.1 Å². The summed E-state index contributed by atoms with van der Waals surface area (Å²) in [6, 6.07) is 24.4. The predicted molar refractivity (Wildman–Crippen MR) is 182 cm³/mol. The molecule has 1 saturated carbocycles. The highest BCUT2D eigenvalue weighted by atomic mass is 32.2. The highest BCUT2D eigenvalue weighted by Crippen LogP contribution is 2.38. The molecule has 0 atom stereocenters. The number of thioether (sulfide) groups is 1. The molecule has 1 aromatic heterocycles. The first-order chi connectivity index (χ1) is 21.1. The zero-order chi connectivity index (χ0) is 29.9. The quantitative estimate of drug-likeness (QED) is 0.0779. The number of benzene rings is 3. The van der Waals surface area contributed by atoms with Gasteiger partial charge in [0.15, 0.2) is 0 Å². The van der Waals surface area contributed by atoms with Crippen LogP contribution in [0.5, 0.6) is 5.75 Å². The molecular weight excluding hydrogens is 548 g/mol. The Kier molecular flexibility index (Phi) is 11.6. The Labute approximate surface area is 262 Å². The van der Waals surface area contributed by atoms with E-state index in [1.54, 1.807) is 0 Å². The minimum absolute atomic E-state index is 0.581. The first-order valence-corrected chi connectivity index (χ1v) is 17.0. The summed E-state index contributed by atoms with van der Waals surface area (Å²) >= 11 is 1.87. The van der Waals surface area contributed by atoms with Crippen LogP contribution in [0.2, 0.25) is 0 Å². The van der Waals surface area contributed by atoms with Crippen LogP contribution in [0.4, 0.5) is 0 Å². The fourth-order valence-corrected chi connectivity index (χ4v) is 6.81. The normalized spacial score (nSPS) is 13.7. The lowest BCUT2D eigenvalue weighted by Gasteiger charge is -2.15. The predicted octanol–water partition coefficient (Wildman–Crippen LogP) is 10.2. The summed E-state index contributed by atoms with van der Waals surface area (Å²) in [5, 5.41) is 0. The van der Waals surface area contributed by atoms with Crippen molar-refractivity contribution < 1.29 is 9.47 Å². The van der Waals surface area contributed by atoms with E-state index in [1.165, 1.54) is 64.1 Å². The van der Waals surface area contributed by atoms with Crippen molar-refractivity contribution in [2.24, 2.45) is 0 Å². The summed E-state index contributed by atoms with van der Waals surface area (Å²) in [5.41, 5.74) is 8.92. The van der Waals surface area contributed by atoms with Crippen molar-refractivity contribution in [1.82, 2.24) is 9.55 Å². The summed E-state index contributed by atoms with van der Waals surface area (Å²) in [4.78, 5) is 5.77. The second-order valence-corrected chi connectivity index (χ2v) is 12.5. The summed E-state index contributed by atoms with van der Waals surface area (Å²) < 4.78 is 13.7. The van der Waals surface area contributed by atoms with Gasteiger partial charge in [0.1, 0.15) is 12.4 Å². The van der Waals surface area contributed by atoms with Gasteiger partial charge in [-0.05, 0) is 97.2 Å². The van der Waals surface area contributed by atoms with Crippen LogP contribution in [0.15, 0.2) is 78.0 Å². The Morgan fingerprint density at radius 1 is 0.884 bits per heavy atom. The standard InChI is InChI=1S/C38H46N2O2S/c1-4-6-23-41-24-25-42-35-18-15-31(16-19-35)33-17-22-37(32-9-7-8-10-32)34(26-33)14-11-30-12-20-36(21-13-30)43-27-38-29(3)39-28-40(38)5-2/h11-22,26,28,32H,4-10,23-25,27H2,1-3H3/b14-11+. The zero-order valence-electron chi connectivity index (χ0n) is 26.1. The van der Waals surface area contributed by atoms with E-state index in [0.29, 0.717) is 19.1 Å². The van der Waals surface area contributed by atoms with Crippen LogP contribution in [0.1, 0.15) is 86.4 Å². The van der Waals surface area contributed by atoms with E-state index in [-0.39, 0.29) is 0 Å². The third kappa shape index (κ3) is 8.64. The topological polar surface area (TPSA) is 36.3 Å². The first-order valence-electron chi connectivity index (χ1n) is 16.0. The lowest BCUT2D eigenvalue weighted by Crippen LogP contribution is -2.07. The van der Waals surface area contributed by atoms with Crippen LogP contribution in [-0.2, 0) is 17.0 Å². The first kappa shape index (κ1) is 31.2. The van der Waals surface area contributed by atoms with Crippen molar-refractivity contribution in [1.29, 1.82) is 0 Å². The third-order valence-electron chi connectivity index (χ3n) is 8.41. The summed E-state index contributed by atoms with van der Waals surface area (Å²) in [5.74, 6) is 2.48. The molecule has 0 radical (unpaired) electrons. The summed E-state index contributed by atoms with van der Waals surface area (Å²) in [7, 11) is 0. The number of hydrogen-bond acceptors (Lipinski definition) is 4. The molecule has 3 aromatic carbocycles. The molecule has 4 nitrogen and oxygen atoms in total. The van der Waals surface area contributed by atoms with E-state index >= 15 is 0 Å². The van der Waals surface area contributed by atoms with E-state index in [2.05, 4.69) is 109 Å². The zero-order valence-corrected chi connectivity index (χ0v) is 26.9. The Bertz CT molecular complexity index is 1450. The maximum Gasteiger partial charge on any atom is 0.119 e. The van der Waals surface area contributed by atoms with E-state index in [9.17, 15) is 0 Å². The number of unbranched alkanes of at least 4 members (excludes halogenated alkanes) is 1. The van der Waals surface area contributed by atoms with Gasteiger partial charge in [-0.15, -0.1) is 11.8 Å². The number of aromatic nitrogens is 2. The largest absolute Gasteiger partial charge is 0.491 e. The molecular formula is C38H46N2O2S. The minimum Gasteiger partial charge on any atom is -0.491 e. The average Bonchev–Trinajstić information content (AvgIpc) is 3.71. The van der Waals surface area contributed by atoms with Crippen LogP contribution in [0, 0.1) is 6.92 Å². The van der Waals surface area contributed by atoms with E-state index < -0.39 is 0 Å². The van der Waals surface area contributed by atoms with Crippen LogP contribution in [0.25, 0.3) is 23.3 Å². The lowest BCUT2D eigenvalue weighted by atomic mass is 9.89. The van der Waals surface area contributed by atoms with Crippen LogP contribution in [0.3, 0.4) is 0 Å². The molecule has 43 heavy (non-hydrogen) atoms. The molecule has 4 aromatic rings. The fraction of sp³-hybridized carbons (Fsp3) is 0.395. The maximum atomic E-state index is 5.89. The van der Waals surface area contributed by atoms with Crippen LogP contribution >= 0.6 is 11.8 Å². The van der Waals surface area contributed by atoms with Gasteiger partial charge in [0.05, 0.1) is 24.3 Å². The number of ether oxygens (including phenoxy) is 2. The molecule has 0 bridgehead atoms. The monoisotopic (exact) mass is 594 g/mol. The van der Waals surface area contributed by atoms with Gasteiger partial charge in [-0.3, -0.25) is 0 Å². The maximum absolute atomic E-state index is 5.89. The lowest BCUT2D eigenvalue weighted by molar-refractivity contribution is 0.0981. The molecule has 1 aliphatic carbocycles. The van der Waals surface area contributed by atoms with Gasteiger partial charge < -0.3 is 14.0 Å². The second kappa shape index (κ2) is 16.0. The molecule has 5 rings (SSSR count). The Balaban J connectivity index is 1.26. The number of aryl methyl sites for hydroxylation is 2. The molecule has 0 saturated heterocycles. The molecule has 0 N–H and O–H groups in total. The van der Waals surface area contributed by atoms with Crippen molar-refractivity contribution in [3.05, 3.63) is 101 Å². The Morgan fingerprint density at radius 3 is 2.40 bits per heavy atom. The molecule has 1 heterocycles. The van der Waals surface area contributed by atoms with Gasteiger partial charge in [-0.2, -0.15) is 0 Å². The number of nitrogens with zero attached hydrogens (tertiary/aromatic N) is 2. The summed E-state index contributed by atoms with van der Waals surface area (Å²) in [6.45, 7) is 9.42. The Hall–Kier alpha value is -3.28. The van der Waals surface area contributed by atoms with Gasteiger partial charge in [-0.1, -0.05) is 74.7 Å². The number of rotatable bonds is 15. The van der Waals surface area contributed by atoms with Crippen molar-refractivity contribution in [3.63, 3.8) is 0 Å². The van der Waals surface area contributed by atoms with Crippen molar-refractivity contribution in [3.8, 4) is 16.9 Å². The van der Waals surface area contributed by atoms with Crippen LogP contribution in [-0.4, -0.2) is 29.4 Å². The van der Waals surface area contributed by atoms with Gasteiger partial charge in [0, 0.05) is 23.8 Å². The smallest absolute Gasteiger partial charge is 0.119 e. The number of imidazole rings is 1. The molecule has 0 unspecified atom stereocenters. The Morgan fingerprint density at radius 2 is 1.65 bits per heavy atom. The van der Waals surface area contributed by atoms with E-state index in [4.69, 9.17) is 9.47 Å². The molecule has 0 aliphatic heterocycles. The molecule has 5 heteroatoms. The van der Waals surface area contributed by atoms with Gasteiger partial charge in [0.2, 0.25) is 0 Å². The van der Waals surface area contributed by atoms with Crippen molar-refractivity contribution >= 4 is 23.9 Å². The number of hydrogen-bond donors (Lipinski definition) is 0. The highest BCUT2D eigenvalue weighted by molar-refractivity contribution is 7.98. The van der Waals surface area contributed by atoms with Crippen molar-refractivity contribution in [2.45, 2.75) is 82.4 Å². The van der Waals surface area contributed by atoms with Crippen molar-refractivity contribution in [2.75, 3.05) is 19.8 Å². The third-order valence-corrected chi connectivity index (χ3v) is 9.44. The summed E-state index contributed by atoms with van der Waals surface area (Å²) in [6.07, 6.45) is 14.0.